The van der Waals surface area contributed by atoms with Crippen molar-refractivity contribution in [3.63, 3.8) is 0 Å². The smallest absolute Gasteiger partial charge is 0.409 e. The van der Waals surface area contributed by atoms with Gasteiger partial charge in [-0.15, -0.1) is 0 Å². The van der Waals surface area contributed by atoms with Crippen LogP contribution in [0.1, 0.15) is 23.2 Å². The molecule has 0 bridgehead atoms. The number of carbonyl (C=O) groups excluding carboxylic acids is 2. The summed E-state index contributed by atoms with van der Waals surface area (Å²) < 4.78 is 42.6. The van der Waals surface area contributed by atoms with Crippen molar-refractivity contribution >= 4 is 22.0 Å². The largest absolute Gasteiger partial charge is 0.495 e. The maximum atomic E-state index is 13.1. The van der Waals surface area contributed by atoms with E-state index in [1.165, 1.54) is 36.7 Å². The molecule has 166 valence electrons. The van der Waals surface area contributed by atoms with Gasteiger partial charge in [-0.2, -0.15) is 4.31 Å². The van der Waals surface area contributed by atoms with Gasteiger partial charge in [-0.3, -0.25) is 4.79 Å². The van der Waals surface area contributed by atoms with E-state index in [-0.39, 0.29) is 47.3 Å². The van der Waals surface area contributed by atoms with Gasteiger partial charge < -0.3 is 24.4 Å². The van der Waals surface area contributed by atoms with Gasteiger partial charge in [-0.05, 0) is 31.0 Å². The topological polar surface area (TPSA) is 114 Å². The lowest BCUT2D eigenvalue weighted by Gasteiger charge is -2.31. The van der Waals surface area contributed by atoms with E-state index in [0.29, 0.717) is 39.1 Å². The zero-order chi connectivity index (χ0) is 21.7. The van der Waals surface area contributed by atoms with E-state index in [0.717, 1.165) is 0 Å². The monoisotopic (exact) mass is 441 g/mol. The number of methoxy groups -OCH3 is 2. The Morgan fingerprint density at radius 2 is 1.77 bits per heavy atom. The van der Waals surface area contributed by atoms with E-state index in [1.807, 2.05) is 0 Å². The fraction of sp³-hybridized carbons (Fsp3) is 0.579. The molecule has 2 fully saturated rings. The molecule has 2 heterocycles. The summed E-state index contributed by atoms with van der Waals surface area (Å²) in [6.07, 6.45) is 0.805. The van der Waals surface area contributed by atoms with Crippen LogP contribution in [-0.2, 0) is 19.5 Å². The first kappa shape index (κ1) is 22.3. The fourth-order valence-corrected chi connectivity index (χ4v) is 5.14. The molecule has 30 heavy (non-hydrogen) atoms. The Morgan fingerprint density at radius 1 is 1.10 bits per heavy atom. The molecule has 0 saturated carbocycles. The van der Waals surface area contributed by atoms with E-state index in [1.54, 1.807) is 4.90 Å². The highest BCUT2D eigenvalue weighted by atomic mass is 32.2. The Morgan fingerprint density at radius 3 is 2.37 bits per heavy atom. The highest BCUT2D eigenvalue weighted by Gasteiger charge is 2.30. The lowest BCUT2D eigenvalue weighted by atomic mass is 10.0. The van der Waals surface area contributed by atoms with E-state index in [9.17, 15) is 18.0 Å². The molecule has 1 aromatic carbocycles. The summed E-state index contributed by atoms with van der Waals surface area (Å²) in [6.45, 7) is 2.12. The van der Waals surface area contributed by atoms with E-state index in [4.69, 9.17) is 14.2 Å². The standard InChI is InChI=1S/C19H27N3O7S/c1-27-16-4-3-14(13-17(16)30(25,26)22-9-11-29-12-10-22)18(23)20-15-5-7-21(8-6-15)19(24)28-2/h3-4,13,15H,5-12H2,1-2H3,(H,20,23). The molecule has 3 rings (SSSR count). The minimum atomic E-state index is -3.82. The summed E-state index contributed by atoms with van der Waals surface area (Å²) >= 11 is 0. The molecule has 1 aromatic rings. The van der Waals surface area contributed by atoms with Gasteiger partial charge in [0.2, 0.25) is 10.0 Å². The van der Waals surface area contributed by atoms with Gasteiger partial charge in [-0.1, -0.05) is 0 Å². The molecule has 0 atom stereocenters. The summed E-state index contributed by atoms with van der Waals surface area (Å²) in [5.41, 5.74) is 0.234. The number of carbonyl (C=O) groups is 2. The Bertz CT molecular complexity index is 876. The number of nitrogens with zero attached hydrogens (tertiary/aromatic N) is 2. The van der Waals surface area contributed by atoms with Crippen molar-refractivity contribution in [1.82, 2.24) is 14.5 Å². The number of likely N-dealkylation sites (tertiary alicyclic amines) is 1. The molecule has 11 heteroatoms. The summed E-state index contributed by atoms with van der Waals surface area (Å²) in [4.78, 5) is 25.9. The molecule has 0 aromatic heterocycles. The minimum Gasteiger partial charge on any atom is -0.495 e. The van der Waals surface area contributed by atoms with Crippen molar-refractivity contribution in [2.45, 2.75) is 23.8 Å². The van der Waals surface area contributed by atoms with Crippen LogP contribution in [0.2, 0.25) is 0 Å². The first-order chi connectivity index (χ1) is 14.4. The lowest BCUT2D eigenvalue weighted by molar-refractivity contribution is 0.0729. The summed E-state index contributed by atoms with van der Waals surface area (Å²) in [5.74, 6) is -0.183. The van der Waals surface area contributed by atoms with Gasteiger partial charge in [0.05, 0.1) is 27.4 Å². The number of nitrogens with one attached hydrogen (secondary N) is 1. The fourth-order valence-electron chi connectivity index (χ4n) is 3.55. The highest BCUT2D eigenvalue weighted by Crippen LogP contribution is 2.28. The van der Waals surface area contributed by atoms with E-state index < -0.39 is 10.0 Å². The van der Waals surface area contributed by atoms with Crippen LogP contribution < -0.4 is 10.1 Å². The third-order valence-corrected chi connectivity index (χ3v) is 7.20. The second-order valence-corrected chi connectivity index (χ2v) is 8.99. The van der Waals surface area contributed by atoms with Gasteiger partial charge in [-0.25, -0.2) is 13.2 Å². The van der Waals surface area contributed by atoms with Gasteiger partial charge in [0, 0.05) is 37.8 Å². The second-order valence-electron chi connectivity index (χ2n) is 7.09. The molecule has 0 aliphatic carbocycles. The average Bonchev–Trinajstić information content (AvgIpc) is 2.79. The molecular weight excluding hydrogens is 414 g/mol. The van der Waals surface area contributed by atoms with Crippen LogP contribution in [0, 0.1) is 0 Å². The molecule has 2 amide bonds. The van der Waals surface area contributed by atoms with Crippen LogP contribution in [0.25, 0.3) is 0 Å². The number of ether oxygens (including phenoxy) is 3. The molecule has 1 N–H and O–H groups in total. The number of amides is 2. The quantitative estimate of drug-likeness (QED) is 0.714. The number of sulfonamides is 1. The van der Waals surface area contributed by atoms with Crippen molar-refractivity contribution in [1.29, 1.82) is 0 Å². The number of hydrogen-bond acceptors (Lipinski definition) is 7. The Labute approximate surface area is 176 Å². The Hall–Kier alpha value is -2.37. The highest BCUT2D eigenvalue weighted by molar-refractivity contribution is 7.89. The summed E-state index contributed by atoms with van der Waals surface area (Å²) in [7, 11) is -1.10. The maximum absolute atomic E-state index is 13.1. The number of morpholine rings is 1. The molecule has 0 radical (unpaired) electrons. The third-order valence-electron chi connectivity index (χ3n) is 5.28. The zero-order valence-electron chi connectivity index (χ0n) is 17.1. The SMILES string of the molecule is COC(=O)N1CCC(NC(=O)c2ccc(OC)c(S(=O)(=O)N3CCOCC3)c2)CC1. The van der Waals surface area contributed by atoms with Crippen LogP contribution >= 0.6 is 0 Å². The molecule has 0 spiro atoms. The summed E-state index contributed by atoms with van der Waals surface area (Å²) in [6, 6.07) is 4.26. The van der Waals surface area contributed by atoms with Crippen LogP contribution in [-0.4, -0.2) is 89.3 Å². The Kier molecular flexibility index (Phi) is 7.16. The van der Waals surface area contributed by atoms with Gasteiger partial charge in [0.15, 0.2) is 0 Å². The van der Waals surface area contributed by atoms with Gasteiger partial charge >= 0.3 is 6.09 Å². The normalized spacial score (nSPS) is 18.7. The average molecular weight is 442 g/mol. The minimum absolute atomic E-state index is 0.0416. The van der Waals surface area contributed by atoms with Crippen molar-refractivity contribution in [3.8, 4) is 5.75 Å². The van der Waals surface area contributed by atoms with Gasteiger partial charge in [0.1, 0.15) is 10.6 Å². The van der Waals surface area contributed by atoms with E-state index >= 15 is 0 Å². The van der Waals surface area contributed by atoms with Crippen LogP contribution in [0.4, 0.5) is 4.79 Å². The van der Waals surface area contributed by atoms with Crippen molar-refractivity contribution in [2.75, 3.05) is 53.6 Å². The Balaban J connectivity index is 1.73. The van der Waals surface area contributed by atoms with Gasteiger partial charge in [0.25, 0.3) is 5.91 Å². The first-order valence-electron chi connectivity index (χ1n) is 9.76. The lowest BCUT2D eigenvalue weighted by Crippen LogP contribution is -2.46. The maximum Gasteiger partial charge on any atom is 0.409 e. The van der Waals surface area contributed by atoms with Crippen molar-refractivity contribution < 1.29 is 32.2 Å². The van der Waals surface area contributed by atoms with Crippen molar-refractivity contribution in [2.24, 2.45) is 0 Å². The predicted octanol–water partition coefficient (Wildman–Crippen LogP) is 0.677. The number of hydrogen-bond donors (Lipinski definition) is 1. The molecule has 2 aliphatic heterocycles. The van der Waals surface area contributed by atoms with Crippen LogP contribution in [0.15, 0.2) is 23.1 Å². The molecule has 0 unspecified atom stereocenters. The summed E-state index contributed by atoms with van der Waals surface area (Å²) in [5, 5.41) is 2.92. The van der Waals surface area contributed by atoms with E-state index in [2.05, 4.69) is 5.32 Å². The van der Waals surface area contributed by atoms with Crippen molar-refractivity contribution in [3.05, 3.63) is 23.8 Å². The number of rotatable bonds is 5. The second kappa shape index (κ2) is 9.63. The number of piperidine rings is 1. The zero-order valence-corrected chi connectivity index (χ0v) is 17.9. The molecule has 2 saturated heterocycles. The molecule has 10 nitrogen and oxygen atoms in total. The van der Waals surface area contributed by atoms with Crippen LogP contribution in [0.5, 0.6) is 5.75 Å². The molecular formula is C19H27N3O7S. The predicted molar refractivity (Wildman–Crippen MR) is 107 cm³/mol. The third kappa shape index (κ3) is 4.85. The molecule has 2 aliphatic rings. The number of benzene rings is 1. The first-order valence-corrected chi connectivity index (χ1v) is 11.2. The van der Waals surface area contributed by atoms with Crippen LogP contribution in [0.3, 0.4) is 0 Å².